The van der Waals surface area contributed by atoms with E-state index in [1.165, 1.54) is 13.2 Å². The van der Waals surface area contributed by atoms with E-state index < -0.39 is 0 Å². The van der Waals surface area contributed by atoms with Gasteiger partial charge < -0.3 is 10.1 Å². The molecule has 1 unspecified atom stereocenters. The van der Waals surface area contributed by atoms with Gasteiger partial charge in [-0.15, -0.1) is 0 Å². The van der Waals surface area contributed by atoms with E-state index in [9.17, 15) is 4.39 Å². The summed E-state index contributed by atoms with van der Waals surface area (Å²) in [6.07, 6.45) is 0. The first kappa shape index (κ1) is 14.7. The molecule has 0 fully saturated rings. The van der Waals surface area contributed by atoms with Crippen LogP contribution in [-0.4, -0.2) is 7.11 Å². The van der Waals surface area contributed by atoms with E-state index in [1.54, 1.807) is 12.1 Å². The van der Waals surface area contributed by atoms with E-state index in [0.29, 0.717) is 5.02 Å². The van der Waals surface area contributed by atoms with E-state index in [0.717, 1.165) is 16.8 Å². The number of anilines is 1. The summed E-state index contributed by atoms with van der Waals surface area (Å²) in [6, 6.07) is 10.7. The molecule has 1 N–H and O–H groups in total. The van der Waals surface area contributed by atoms with Crippen molar-refractivity contribution in [3.63, 3.8) is 0 Å². The van der Waals surface area contributed by atoms with Crippen molar-refractivity contribution in [2.24, 2.45) is 0 Å². The van der Waals surface area contributed by atoms with Crippen molar-refractivity contribution in [2.75, 3.05) is 12.4 Å². The van der Waals surface area contributed by atoms with Gasteiger partial charge in [-0.3, -0.25) is 0 Å². The lowest BCUT2D eigenvalue weighted by atomic mass is 10.1. The zero-order valence-corrected chi connectivity index (χ0v) is 12.5. The van der Waals surface area contributed by atoms with Crippen LogP contribution in [0.5, 0.6) is 5.75 Å². The van der Waals surface area contributed by atoms with E-state index in [-0.39, 0.29) is 17.6 Å². The molecule has 0 radical (unpaired) electrons. The number of nitrogens with one attached hydrogen (secondary N) is 1. The van der Waals surface area contributed by atoms with Crippen molar-refractivity contribution in [3.8, 4) is 5.75 Å². The number of aryl methyl sites for hydroxylation is 1. The van der Waals surface area contributed by atoms with Crippen LogP contribution in [0.3, 0.4) is 0 Å². The first-order valence-corrected chi connectivity index (χ1v) is 6.75. The number of benzene rings is 2. The molecule has 0 aliphatic carbocycles. The molecule has 0 bridgehead atoms. The molecule has 1 atom stereocenters. The Hall–Kier alpha value is -1.74. The molecule has 2 rings (SSSR count). The molecule has 2 aromatic carbocycles. The molecule has 0 saturated carbocycles. The molecule has 0 amide bonds. The summed E-state index contributed by atoms with van der Waals surface area (Å²) >= 11 is 6.20. The zero-order valence-electron chi connectivity index (χ0n) is 11.7. The van der Waals surface area contributed by atoms with Gasteiger partial charge in [0.2, 0.25) is 0 Å². The number of hydrogen-bond donors (Lipinski definition) is 1. The predicted octanol–water partition coefficient (Wildman–Crippen LogP) is 4.97. The second-order valence-corrected chi connectivity index (χ2v) is 5.15. The van der Waals surface area contributed by atoms with Crippen molar-refractivity contribution < 1.29 is 9.13 Å². The zero-order chi connectivity index (χ0) is 14.7. The maximum Gasteiger partial charge on any atom is 0.165 e. The third-order valence-corrected chi connectivity index (χ3v) is 3.48. The Morgan fingerprint density at radius 1 is 1.20 bits per heavy atom. The molecule has 0 aromatic heterocycles. The Kier molecular flexibility index (Phi) is 4.50. The molecule has 2 aromatic rings. The molecule has 2 nitrogen and oxygen atoms in total. The highest BCUT2D eigenvalue weighted by Crippen LogP contribution is 2.29. The summed E-state index contributed by atoms with van der Waals surface area (Å²) in [4.78, 5) is 0. The van der Waals surface area contributed by atoms with Gasteiger partial charge in [0.05, 0.1) is 17.8 Å². The van der Waals surface area contributed by atoms with Gasteiger partial charge in [-0.1, -0.05) is 23.7 Å². The average molecular weight is 294 g/mol. The van der Waals surface area contributed by atoms with Crippen molar-refractivity contribution >= 4 is 17.3 Å². The van der Waals surface area contributed by atoms with Crippen molar-refractivity contribution in [3.05, 3.63) is 58.4 Å². The van der Waals surface area contributed by atoms with Gasteiger partial charge in [-0.25, -0.2) is 4.39 Å². The first-order chi connectivity index (χ1) is 9.51. The number of hydrogen-bond acceptors (Lipinski definition) is 2. The minimum atomic E-state index is -0.364. The molecule has 4 heteroatoms. The number of ether oxygens (including phenoxy) is 1. The monoisotopic (exact) mass is 293 g/mol. The summed E-state index contributed by atoms with van der Waals surface area (Å²) in [6.45, 7) is 3.98. The second-order valence-electron chi connectivity index (χ2n) is 4.74. The van der Waals surface area contributed by atoms with Crippen LogP contribution < -0.4 is 10.1 Å². The van der Waals surface area contributed by atoms with Gasteiger partial charge in [0.25, 0.3) is 0 Å². The summed E-state index contributed by atoms with van der Waals surface area (Å²) in [5.41, 5.74) is 2.89. The highest BCUT2D eigenvalue weighted by Gasteiger charge is 2.11. The summed E-state index contributed by atoms with van der Waals surface area (Å²) in [5.74, 6) is -0.122. The van der Waals surface area contributed by atoms with Crippen molar-refractivity contribution in [1.29, 1.82) is 0 Å². The Bertz CT molecular complexity index is 615. The highest BCUT2D eigenvalue weighted by atomic mass is 35.5. The maximum atomic E-state index is 13.4. The first-order valence-electron chi connectivity index (χ1n) is 6.37. The van der Waals surface area contributed by atoms with Crippen molar-refractivity contribution in [1.82, 2.24) is 0 Å². The Balaban J connectivity index is 2.21. The molecule has 106 valence electrons. The van der Waals surface area contributed by atoms with Crippen LogP contribution in [0.4, 0.5) is 10.1 Å². The van der Waals surface area contributed by atoms with E-state index in [4.69, 9.17) is 16.3 Å². The van der Waals surface area contributed by atoms with Gasteiger partial charge in [0.1, 0.15) is 0 Å². The number of rotatable bonds is 4. The summed E-state index contributed by atoms with van der Waals surface area (Å²) < 4.78 is 18.4. The lowest BCUT2D eigenvalue weighted by Crippen LogP contribution is -2.07. The minimum absolute atomic E-state index is 0.00953. The number of methoxy groups -OCH3 is 1. The van der Waals surface area contributed by atoms with Crippen LogP contribution in [0.15, 0.2) is 36.4 Å². The van der Waals surface area contributed by atoms with Gasteiger partial charge >= 0.3 is 0 Å². The second kappa shape index (κ2) is 6.14. The Morgan fingerprint density at radius 3 is 2.60 bits per heavy atom. The van der Waals surface area contributed by atoms with Crippen LogP contribution >= 0.6 is 11.6 Å². The molecular formula is C16H17ClFNO. The van der Waals surface area contributed by atoms with E-state index in [1.807, 2.05) is 32.0 Å². The quantitative estimate of drug-likeness (QED) is 0.859. The lowest BCUT2D eigenvalue weighted by Gasteiger charge is -2.18. The van der Waals surface area contributed by atoms with Crippen LogP contribution in [0.25, 0.3) is 0 Å². The molecule has 0 aliphatic heterocycles. The Morgan fingerprint density at radius 2 is 1.95 bits per heavy atom. The fraction of sp³-hybridized carbons (Fsp3) is 0.250. The van der Waals surface area contributed by atoms with Crippen molar-refractivity contribution in [2.45, 2.75) is 19.9 Å². The molecule has 0 spiro atoms. The maximum absolute atomic E-state index is 13.4. The minimum Gasteiger partial charge on any atom is -0.494 e. The molecule has 0 aliphatic rings. The fourth-order valence-electron chi connectivity index (χ4n) is 2.00. The van der Waals surface area contributed by atoms with Crippen LogP contribution in [0.2, 0.25) is 5.02 Å². The fourth-order valence-corrected chi connectivity index (χ4v) is 2.29. The normalized spacial score (nSPS) is 12.1. The number of halogens is 2. The van der Waals surface area contributed by atoms with E-state index in [2.05, 4.69) is 5.32 Å². The summed E-state index contributed by atoms with van der Waals surface area (Å²) in [5, 5.41) is 3.99. The molecule has 0 saturated heterocycles. The smallest absolute Gasteiger partial charge is 0.165 e. The molecule has 0 heterocycles. The van der Waals surface area contributed by atoms with Crippen LogP contribution in [0, 0.1) is 12.7 Å². The van der Waals surface area contributed by atoms with Gasteiger partial charge in [-0.2, -0.15) is 0 Å². The topological polar surface area (TPSA) is 21.3 Å². The van der Waals surface area contributed by atoms with Gasteiger partial charge in [-0.05, 0) is 49.2 Å². The van der Waals surface area contributed by atoms with E-state index >= 15 is 0 Å². The SMILES string of the molecule is COc1cc(C(C)Nc2ccc(C)cc2Cl)ccc1F. The lowest BCUT2D eigenvalue weighted by molar-refractivity contribution is 0.385. The molecule has 20 heavy (non-hydrogen) atoms. The highest BCUT2D eigenvalue weighted by molar-refractivity contribution is 6.33. The van der Waals surface area contributed by atoms with Crippen LogP contribution in [-0.2, 0) is 0 Å². The van der Waals surface area contributed by atoms with Crippen LogP contribution in [0.1, 0.15) is 24.1 Å². The third kappa shape index (κ3) is 3.23. The van der Waals surface area contributed by atoms with Gasteiger partial charge in [0, 0.05) is 6.04 Å². The molecular weight excluding hydrogens is 277 g/mol. The summed E-state index contributed by atoms with van der Waals surface area (Å²) in [7, 11) is 1.46. The Labute approximate surface area is 123 Å². The average Bonchev–Trinajstić information content (AvgIpc) is 2.42. The standard InChI is InChI=1S/C16H17ClFNO/c1-10-4-7-15(13(17)8-10)19-11(2)12-5-6-14(18)16(9-12)20-3/h4-9,11,19H,1-3H3. The predicted molar refractivity (Wildman–Crippen MR) is 81.2 cm³/mol. The largest absolute Gasteiger partial charge is 0.494 e. The van der Waals surface area contributed by atoms with Gasteiger partial charge in [0.15, 0.2) is 11.6 Å². The third-order valence-electron chi connectivity index (χ3n) is 3.17.